The molecule has 0 amide bonds. The Labute approximate surface area is 258 Å². The Balaban J connectivity index is 2.58. The van der Waals surface area contributed by atoms with Gasteiger partial charge in [-0.05, 0) is 79.7 Å². The van der Waals surface area contributed by atoms with E-state index in [9.17, 15) is 9.90 Å². The van der Waals surface area contributed by atoms with Crippen molar-refractivity contribution in [2.45, 2.75) is 139 Å². The summed E-state index contributed by atoms with van der Waals surface area (Å²) in [6, 6.07) is 8.82. The predicted octanol–water partition coefficient (Wildman–Crippen LogP) is 10.3. The summed E-state index contributed by atoms with van der Waals surface area (Å²) in [5.41, 5.74) is 3.64. The number of phenols is 1. The Kier molecular flexibility index (Phi) is 11.8. The van der Waals surface area contributed by atoms with Crippen molar-refractivity contribution < 1.29 is 19.4 Å². The zero-order valence-corrected chi connectivity index (χ0v) is 29.5. The topological polar surface area (TPSA) is 55.8 Å². The number of benzene rings is 2. The van der Waals surface area contributed by atoms with E-state index < -0.39 is 0 Å². The number of esters is 1. The van der Waals surface area contributed by atoms with E-state index in [1.54, 1.807) is 6.92 Å². The van der Waals surface area contributed by atoms with Crippen LogP contribution in [-0.4, -0.2) is 28.4 Å². The second-order valence-corrected chi connectivity index (χ2v) is 17.3. The van der Waals surface area contributed by atoms with Crippen LogP contribution >= 0.6 is 23.5 Å². The molecule has 0 heterocycles. The van der Waals surface area contributed by atoms with Crippen molar-refractivity contribution in [2.75, 3.05) is 13.2 Å². The first-order valence-corrected chi connectivity index (χ1v) is 16.6. The molecule has 4 nitrogen and oxygen atoms in total. The Morgan fingerprint density at radius 2 is 1.29 bits per heavy atom. The SMILES string of the molecule is CCCC(C)(Sc1cc(C(C)(C)C)c(O)c(C(C)(C)C)c1)Sc1cc(C)c(OCC(=O)OCC)c(C(C)(C)CC)c1. The van der Waals surface area contributed by atoms with Crippen molar-refractivity contribution in [3.63, 3.8) is 0 Å². The fraction of sp³-hybridized carbons (Fsp3) is 0.629. The summed E-state index contributed by atoms with van der Waals surface area (Å²) in [7, 11) is 0. The van der Waals surface area contributed by atoms with E-state index in [0.717, 1.165) is 47.3 Å². The second-order valence-electron chi connectivity index (χ2n) is 13.9. The summed E-state index contributed by atoms with van der Waals surface area (Å²) in [5, 5.41) is 11.3. The Morgan fingerprint density at radius 3 is 1.73 bits per heavy atom. The monoisotopic (exact) mass is 602 g/mol. The van der Waals surface area contributed by atoms with E-state index in [4.69, 9.17) is 9.47 Å². The van der Waals surface area contributed by atoms with Gasteiger partial charge in [0.2, 0.25) is 0 Å². The summed E-state index contributed by atoms with van der Waals surface area (Å²) in [4.78, 5) is 14.5. The zero-order chi connectivity index (χ0) is 31.4. The number of hydrogen-bond acceptors (Lipinski definition) is 6. The van der Waals surface area contributed by atoms with E-state index in [2.05, 4.69) is 107 Å². The predicted molar refractivity (Wildman–Crippen MR) is 177 cm³/mol. The number of carbonyl (C=O) groups excluding carboxylic acids is 1. The average Bonchev–Trinajstić information content (AvgIpc) is 2.82. The van der Waals surface area contributed by atoms with Crippen LogP contribution in [0.1, 0.15) is 125 Å². The lowest BCUT2D eigenvalue weighted by atomic mass is 9.79. The molecule has 0 fully saturated rings. The molecule has 0 bridgehead atoms. The van der Waals surface area contributed by atoms with E-state index in [-0.39, 0.29) is 32.9 Å². The molecule has 0 saturated carbocycles. The average molecular weight is 603 g/mol. The number of phenolic OH excluding ortho intramolecular Hbond substituents is 1. The number of aromatic hydroxyl groups is 1. The molecule has 0 aliphatic rings. The maximum Gasteiger partial charge on any atom is 0.344 e. The van der Waals surface area contributed by atoms with Gasteiger partial charge in [0.05, 0.1) is 10.7 Å². The van der Waals surface area contributed by atoms with Gasteiger partial charge in [0.1, 0.15) is 11.5 Å². The molecule has 230 valence electrons. The van der Waals surface area contributed by atoms with Crippen molar-refractivity contribution in [1.82, 2.24) is 0 Å². The van der Waals surface area contributed by atoms with Crippen molar-refractivity contribution in [3.8, 4) is 11.5 Å². The van der Waals surface area contributed by atoms with Crippen molar-refractivity contribution >= 4 is 29.5 Å². The van der Waals surface area contributed by atoms with E-state index in [0.29, 0.717) is 12.4 Å². The molecule has 0 radical (unpaired) electrons. The molecule has 1 unspecified atom stereocenters. The third-order valence-corrected chi connectivity index (χ3v) is 10.3. The first kappa shape index (κ1) is 35.4. The first-order valence-electron chi connectivity index (χ1n) is 15.0. The van der Waals surface area contributed by atoms with E-state index >= 15 is 0 Å². The van der Waals surface area contributed by atoms with Gasteiger partial charge in [0.15, 0.2) is 6.61 Å². The van der Waals surface area contributed by atoms with Gasteiger partial charge < -0.3 is 14.6 Å². The van der Waals surface area contributed by atoms with Crippen LogP contribution in [-0.2, 0) is 25.8 Å². The molecule has 2 rings (SSSR count). The van der Waals surface area contributed by atoms with Crippen LogP contribution in [0.15, 0.2) is 34.1 Å². The van der Waals surface area contributed by atoms with Crippen molar-refractivity contribution in [2.24, 2.45) is 0 Å². The molecular weight excluding hydrogens is 549 g/mol. The minimum Gasteiger partial charge on any atom is -0.507 e. The molecule has 2 aromatic carbocycles. The molecule has 41 heavy (non-hydrogen) atoms. The Morgan fingerprint density at radius 1 is 0.805 bits per heavy atom. The van der Waals surface area contributed by atoms with Crippen LogP contribution in [0.3, 0.4) is 0 Å². The van der Waals surface area contributed by atoms with Gasteiger partial charge in [0.25, 0.3) is 0 Å². The number of carbonyl (C=O) groups is 1. The van der Waals surface area contributed by atoms with E-state index in [1.165, 1.54) is 9.79 Å². The van der Waals surface area contributed by atoms with Crippen LogP contribution in [0, 0.1) is 6.92 Å². The summed E-state index contributed by atoms with van der Waals surface area (Å²) in [5.74, 6) is 0.845. The molecule has 1 N–H and O–H groups in total. The highest BCUT2D eigenvalue weighted by molar-refractivity contribution is 8.18. The Hall–Kier alpha value is -1.79. The largest absolute Gasteiger partial charge is 0.507 e. The lowest BCUT2D eigenvalue weighted by Crippen LogP contribution is -2.21. The van der Waals surface area contributed by atoms with Gasteiger partial charge >= 0.3 is 5.97 Å². The summed E-state index contributed by atoms with van der Waals surface area (Å²) < 4.78 is 11.1. The minimum atomic E-state index is -0.351. The second kappa shape index (κ2) is 13.7. The number of aryl methyl sites for hydroxylation is 1. The van der Waals surface area contributed by atoms with Gasteiger partial charge in [-0.25, -0.2) is 4.79 Å². The molecule has 0 spiro atoms. The van der Waals surface area contributed by atoms with Gasteiger partial charge in [-0.15, -0.1) is 23.5 Å². The Bertz CT molecular complexity index is 1170. The minimum absolute atomic E-state index is 0.0928. The molecule has 0 aromatic heterocycles. The summed E-state index contributed by atoms with van der Waals surface area (Å²) in [6.45, 7) is 28.3. The lowest BCUT2D eigenvalue weighted by Gasteiger charge is -2.33. The first-order chi connectivity index (χ1) is 18.8. The van der Waals surface area contributed by atoms with Crippen LogP contribution in [0.2, 0.25) is 0 Å². The maximum atomic E-state index is 12.1. The normalized spacial score (nSPS) is 14.1. The molecule has 1 atom stereocenters. The fourth-order valence-electron chi connectivity index (χ4n) is 4.90. The van der Waals surface area contributed by atoms with Crippen LogP contribution in [0.5, 0.6) is 11.5 Å². The number of hydrogen-bond donors (Lipinski definition) is 1. The van der Waals surface area contributed by atoms with Crippen molar-refractivity contribution in [1.29, 1.82) is 0 Å². The third-order valence-electron chi connectivity index (χ3n) is 7.57. The van der Waals surface area contributed by atoms with Crippen molar-refractivity contribution in [3.05, 3.63) is 46.5 Å². The molecule has 2 aromatic rings. The lowest BCUT2D eigenvalue weighted by molar-refractivity contribution is -0.145. The van der Waals surface area contributed by atoms with Crippen LogP contribution < -0.4 is 4.74 Å². The van der Waals surface area contributed by atoms with Gasteiger partial charge in [-0.2, -0.15) is 0 Å². The molecule has 0 aliphatic heterocycles. The quantitative estimate of drug-likeness (QED) is 0.148. The van der Waals surface area contributed by atoms with E-state index in [1.807, 2.05) is 23.5 Å². The van der Waals surface area contributed by atoms with Crippen LogP contribution in [0.4, 0.5) is 0 Å². The maximum absolute atomic E-state index is 12.1. The van der Waals surface area contributed by atoms with Gasteiger partial charge in [-0.3, -0.25) is 0 Å². The highest BCUT2D eigenvalue weighted by atomic mass is 32.2. The van der Waals surface area contributed by atoms with Gasteiger partial charge in [-0.1, -0.05) is 75.7 Å². The standard InChI is InChI=1S/C35H54O4S2/c1-14-17-35(13,41-25-19-26(32(5,6)7)30(37)27(20-25)33(8,9)10)40-24-18-23(4)31(39-22-29(36)38-16-3)28(21-24)34(11,12)15-2/h18-21,37H,14-17,22H2,1-13H3. The highest BCUT2D eigenvalue weighted by Crippen LogP contribution is 2.52. The fourth-order valence-corrected chi connectivity index (χ4v) is 8.02. The molecule has 0 aliphatic carbocycles. The number of thioether (sulfide) groups is 2. The highest BCUT2D eigenvalue weighted by Gasteiger charge is 2.32. The summed E-state index contributed by atoms with van der Waals surface area (Å²) in [6.07, 6.45) is 3.02. The summed E-state index contributed by atoms with van der Waals surface area (Å²) >= 11 is 3.78. The molecule has 6 heteroatoms. The smallest absolute Gasteiger partial charge is 0.344 e. The number of rotatable bonds is 12. The number of ether oxygens (including phenoxy) is 2. The molecular formula is C35H54O4S2. The van der Waals surface area contributed by atoms with Gasteiger partial charge in [0, 0.05) is 26.5 Å². The zero-order valence-electron chi connectivity index (χ0n) is 27.8. The van der Waals surface area contributed by atoms with Crippen LogP contribution in [0.25, 0.3) is 0 Å². The third kappa shape index (κ3) is 9.35. The molecule has 0 saturated heterocycles.